The van der Waals surface area contributed by atoms with Crippen LogP contribution >= 0.6 is 47.3 Å². The largest absolute Gasteiger partial charge is 0.454 e. The van der Waals surface area contributed by atoms with Gasteiger partial charge in [0.25, 0.3) is 5.91 Å². The molecule has 1 saturated heterocycles. The fourth-order valence-electron chi connectivity index (χ4n) is 4.34. The summed E-state index contributed by atoms with van der Waals surface area (Å²) in [6.07, 6.45) is 2.53. The van der Waals surface area contributed by atoms with Crippen molar-refractivity contribution in [2.45, 2.75) is 22.6 Å². The minimum atomic E-state index is -0.156. The van der Waals surface area contributed by atoms with Crippen LogP contribution in [-0.2, 0) is 9.59 Å². The third kappa shape index (κ3) is 4.72. The monoisotopic (exact) mass is 566 g/mol. The van der Waals surface area contributed by atoms with Gasteiger partial charge in [-0.05, 0) is 60.5 Å². The first-order valence-corrected chi connectivity index (χ1v) is 13.9. The number of hydrogen-bond donors (Lipinski definition) is 0. The van der Waals surface area contributed by atoms with Gasteiger partial charge in [-0.2, -0.15) is 0 Å². The van der Waals surface area contributed by atoms with E-state index in [2.05, 4.69) is 0 Å². The number of rotatable bonds is 5. The van der Waals surface area contributed by atoms with Crippen molar-refractivity contribution in [3.05, 3.63) is 76.2 Å². The average Bonchev–Trinajstić information content (AvgIpc) is 3.46. The van der Waals surface area contributed by atoms with Gasteiger partial charge < -0.3 is 9.47 Å². The molecule has 2 amide bonds. The van der Waals surface area contributed by atoms with E-state index in [1.165, 1.54) is 11.8 Å². The van der Waals surface area contributed by atoms with E-state index in [4.69, 9.17) is 33.3 Å². The van der Waals surface area contributed by atoms with Gasteiger partial charge in [-0.1, -0.05) is 65.5 Å². The molecule has 0 atom stereocenters. The molecule has 37 heavy (non-hydrogen) atoms. The van der Waals surface area contributed by atoms with Gasteiger partial charge in [0, 0.05) is 27.8 Å². The van der Waals surface area contributed by atoms with E-state index in [1.54, 1.807) is 27.6 Å². The molecule has 0 aliphatic carbocycles. The van der Waals surface area contributed by atoms with Crippen molar-refractivity contribution >= 4 is 80.9 Å². The Morgan fingerprint density at radius 2 is 1.81 bits per heavy atom. The molecule has 0 aromatic heterocycles. The molecule has 3 aliphatic rings. The van der Waals surface area contributed by atoms with Gasteiger partial charge in [0.15, 0.2) is 11.5 Å². The van der Waals surface area contributed by atoms with Crippen molar-refractivity contribution < 1.29 is 19.1 Å². The molecule has 0 N–H and O–H groups in total. The summed E-state index contributed by atoms with van der Waals surface area (Å²) in [5.74, 6) is 1.13. The molecule has 6 nitrogen and oxygen atoms in total. The Morgan fingerprint density at radius 1 is 1.00 bits per heavy atom. The first kappa shape index (κ1) is 24.4. The van der Waals surface area contributed by atoms with Crippen LogP contribution in [0.1, 0.15) is 18.4 Å². The Bertz CT molecular complexity index is 1490. The minimum absolute atomic E-state index is 0.0578. The first-order chi connectivity index (χ1) is 18.0. The van der Waals surface area contributed by atoms with Crippen LogP contribution in [0.15, 0.2) is 75.4 Å². The van der Waals surface area contributed by atoms with Crippen molar-refractivity contribution in [2.75, 3.05) is 18.2 Å². The van der Waals surface area contributed by atoms with Crippen molar-refractivity contribution in [3.8, 4) is 11.5 Å². The molecule has 6 rings (SSSR count). The minimum Gasteiger partial charge on any atom is -0.454 e. The summed E-state index contributed by atoms with van der Waals surface area (Å²) in [6, 6.07) is 18.9. The second-order valence-electron chi connectivity index (χ2n) is 8.46. The maximum Gasteiger partial charge on any atom is 0.266 e. The number of para-hydroxylation sites is 1. The highest BCUT2D eigenvalue weighted by Crippen LogP contribution is 2.49. The van der Waals surface area contributed by atoms with E-state index in [9.17, 15) is 9.59 Å². The number of ether oxygens (including phenoxy) is 2. The lowest BCUT2D eigenvalue weighted by molar-refractivity contribution is -0.123. The first-order valence-electron chi connectivity index (χ1n) is 11.5. The van der Waals surface area contributed by atoms with Crippen molar-refractivity contribution in [3.63, 3.8) is 0 Å². The van der Waals surface area contributed by atoms with Crippen LogP contribution < -0.4 is 14.4 Å². The van der Waals surface area contributed by atoms with Gasteiger partial charge in [0.1, 0.15) is 4.32 Å². The van der Waals surface area contributed by atoms with Crippen LogP contribution in [0.25, 0.3) is 6.08 Å². The lowest BCUT2D eigenvalue weighted by Gasteiger charge is -2.31. The summed E-state index contributed by atoms with van der Waals surface area (Å²) in [7, 11) is 0. The Hall–Kier alpha value is -2.98. The third-order valence-electron chi connectivity index (χ3n) is 6.08. The molecule has 3 aromatic rings. The lowest BCUT2D eigenvalue weighted by atomic mass is 10.1. The number of carbonyl (C=O) groups excluding carboxylic acids is 2. The summed E-state index contributed by atoms with van der Waals surface area (Å²) >= 11 is 14.6. The SMILES string of the molecule is O=C1C(=Cc2ccc3c(c2)OCO3)SC(=S)N1CCCC(=O)N1c2ccccc2Sc2ccc(Cl)cc21. The maximum atomic E-state index is 13.5. The summed E-state index contributed by atoms with van der Waals surface area (Å²) in [5, 5.41) is 0.573. The Labute approximate surface area is 232 Å². The number of thiocarbonyl (C=S) groups is 1. The smallest absolute Gasteiger partial charge is 0.266 e. The van der Waals surface area contributed by atoms with Gasteiger partial charge in [0.2, 0.25) is 12.7 Å². The molecule has 0 radical (unpaired) electrons. The second-order valence-corrected chi connectivity index (χ2v) is 11.7. The fraction of sp³-hybridized carbons (Fsp3) is 0.148. The van der Waals surface area contributed by atoms with Gasteiger partial charge in [-0.3, -0.25) is 19.4 Å². The van der Waals surface area contributed by atoms with E-state index in [0.29, 0.717) is 38.7 Å². The van der Waals surface area contributed by atoms with E-state index < -0.39 is 0 Å². The molecular formula is C27H19ClN2O4S3. The van der Waals surface area contributed by atoms with E-state index in [-0.39, 0.29) is 25.0 Å². The zero-order valence-electron chi connectivity index (χ0n) is 19.3. The van der Waals surface area contributed by atoms with Crippen LogP contribution in [0.5, 0.6) is 11.5 Å². The summed E-state index contributed by atoms with van der Waals surface area (Å²) in [5.41, 5.74) is 2.45. The van der Waals surface area contributed by atoms with E-state index in [0.717, 1.165) is 26.7 Å². The zero-order chi connectivity index (χ0) is 25.5. The quantitative estimate of drug-likeness (QED) is 0.246. The number of thioether (sulfide) groups is 1. The number of amides is 2. The third-order valence-corrected chi connectivity index (χ3v) is 8.82. The van der Waals surface area contributed by atoms with Crippen molar-refractivity contribution in [1.82, 2.24) is 4.90 Å². The molecular weight excluding hydrogens is 548 g/mol. The van der Waals surface area contributed by atoms with Crippen molar-refractivity contribution in [2.24, 2.45) is 0 Å². The Kier molecular flexibility index (Phi) is 6.62. The zero-order valence-corrected chi connectivity index (χ0v) is 22.5. The summed E-state index contributed by atoms with van der Waals surface area (Å²) in [6.45, 7) is 0.557. The number of carbonyl (C=O) groups is 2. The molecule has 0 spiro atoms. The van der Waals surface area contributed by atoms with Crippen LogP contribution in [0.2, 0.25) is 5.02 Å². The van der Waals surface area contributed by atoms with E-state index in [1.807, 2.05) is 60.7 Å². The van der Waals surface area contributed by atoms with Gasteiger partial charge in [0.05, 0.1) is 16.3 Å². The molecule has 1 fully saturated rings. The van der Waals surface area contributed by atoms with Crippen LogP contribution in [0.3, 0.4) is 0 Å². The number of benzene rings is 3. The predicted octanol–water partition coefficient (Wildman–Crippen LogP) is 6.88. The number of anilines is 2. The van der Waals surface area contributed by atoms with Crippen LogP contribution in [0.4, 0.5) is 11.4 Å². The molecule has 3 heterocycles. The lowest BCUT2D eigenvalue weighted by Crippen LogP contribution is -2.32. The molecule has 3 aromatic carbocycles. The fourth-order valence-corrected chi connectivity index (χ4v) is 6.86. The molecule has 0 unspecified atom stereocenters. The van der Waals surface area contributed by atoms with Gasteiger partial charge in [-0.25, -0.2) is 0 Å². The average molecular weight is 567 g/mol. The molecule has 186 valence electrons. The molecule has 0 bridgehead atoms. The highest BCUT2D eigenvalue weighted by Gasteiger charge is 2.33. The normalized spacial score (nSPS) is 16.8. The highest BCUT2D eigenvalue weighted by molar-refractivity contribution is 8.26. The summed E-state index contributed by atoms with van der Waals surface area (Å²) < 4.78 is 11.3. The maximum absolute atomic E-state index is 13.5. The molecule has 0 saturated carbocycles. The Morgan fingerprint density at radius 3 is 2.70 bits per heavy atom. The molecule has 10 heteroatoms. The topological polar surface area (TPSA) is 59.1 Å². The Balaban J connectivity index is 1.15. The van der Waals surface area contributed by atoms with Crippen LogP contribution in [0, 0.1) is 0 Å². The second kappa shape index (κ2) is 10.1. The summed E-state index contributed by atoms with van der Waals surface area (Å²) in [4.78, 5) is 32.4. The molecule has 3 aliphatic heterocycles. The van der Waals surface area contributed by atoms with Gasteiger partial charge >= 0.3 is 0 Å². The van der Waals surface area contributed by atoms with Crippen LogP contribution in [-0.4, -0.2) is 34.4 Å². The van der Waals surface area contributed by atoms with Gasteiger partial charge in [-0.15, -0.1) is 0 Å². The number of hydrogen-bond acceptors (Lipinski definition) is 7. The highest BCUT2D eigenvalue weighted by atomic mass is 35.5. The van der Waals surface area contributed by atoms with Crippen molar-refractivity contribution in [1.29, 1.82) is 0 Å². The van der Waals surface area contributed by atoms with E-state index >= 15 is 0 Å². The number of nitrogens with zero attached hydrogens (tertiary/aromatic N) is 2. The standard InChI is InChI=1S/C27H19ClN2O4S3/c28-17-8-10-23-19(14-17)30(18-4-1-2-5-22(18)36-23)25(31)6-3-11-29-26(32)24(37-27(29)35)13-16-7-9-20-21(12-16)34-15-33-20/h1-2,4-5,7-10,12-14H,3,6,11,15H2. The number of fused-ring (bicyclic) bond motifs is 3. The predicted molar refractivity (Wildman–Crippen MR) is 151 cm³/mol. The number of halogens is 1.